The van der Waals surface area contributed by atoms with Gasteiger partial charge in [-0.25, -0.2) is 0 Å². The molecule has 3 nitrogen and oxygen atoms in total. The fraction of sp³-hybridized carbons (Fsp3) is 0.188. The number of para-hydroxylation sites is 1. The van der Waals surface area contributed by atoms with Crippen LogP contribution < -0.4 is 5.32 Å². The van der Waals surface area contributed by atoms with Crippen molar-refractivity contribution < 1.29 is 0 Å². The normalized spacial score (nSPS) is 18.4. The maximum absolute atomic E-state index is 4.24. The average Bonchev–Trinajstić information content (AvgIpc) is 2.87. The quantitative estimate of drug-likeness (QED) is 0.718. The smallest absolute Gasteiger partial charge is 0.0747 e. The van der Waals surface area contributed by atoms with Crippen LogP contribution in [0.15, 0.2) is 54.9 Å². The SMILES string of the molecule is c1cncc(C2NCCn3c2cc2ccccc23)c1. The van der Waals surface area contributed by atoms with Crippen molar-refractivity contribution in [3.05, 3.63) is 66.1 Å². The molecule has 0 amide bonds. The minimum atomic E-state index is 0.245. The Bertz CT molecular complexity index is 715. The van der Waals surface area contributed by atoms with E-state index in [2.05, 4.69) is 51.3 Å². The first-order valence-corrected chi connectivity index (χ1v) is 6.65. The summed E-state index contributed by atoms with van der Waals surface area (Å²) in [5, 5.41) is 4.91. The molecule has 94 valence electrons. The van der Waals surface area contributed by atoms with E-state index >= 15 is 0 Å². The van der Waals surface area contributed by atoms with Gasteiger partial charge >= 0.3 is 0 Å². The third kappa shape index (κ3) is 1.66. The highest BCUT2D eigenvalue weighted by Gasteiger charge is 2.23. The Labute approximate surface area is 111 Å². The second-order valence-corrected chi connectivity index (χ2v) is 4.95. The maximum Gasteiger partial charge on any atom is 0.0747 e. The second-order valence-electron chi connectivity index (χ2n) is 4.95. The lowest BCUT2D eigenvalue weighted by atomic mass is 10.0. The van der Waals surface area contributed by atoms with E-state index in [1.165, 1.54) is 22.2 Å². The van der Waals surface area contributed by atoms with Crippen molar-refractivity contribution in [2.75, 3.05) is 6.54 Å². The molecule has 3 heteroatoms. The van der Waals surface area contributed by atoms with Crippen LogP contribution in [0.5, 0.6) is 0 Å². The molecule has 1 unspecified atom stereocenters. The second kappa shape index (κ2) is 4.21. The van der Waals surface area contributed by atoms with Gasteiger partial charge in [-0.1, -0.05) is 24.3 Å². The molecule has 3 aromatic rings. The highest BCUT2D eigenvalue weighted by molar-refractivity contribution is 5.81. The Morgan fingerprint density at radius 1 is 1.16 bits per heavy atom. The topological polar surface area (TPSA) is 29.9 Å². The van der Waals surface area contributed by atoms with Crippen LogP contribution in [0.4, 0.5) is 0 Å². The standard InChI is InChI=1S/C16H15N3/c1-2-6-14-12(4-1)10-15-16(18-8-9-19(14)15)13-5-3-7-17-11-13/h1-7,10-11,16,18H,8-9H2. The number of nitrogens with zero attached hydrogens (tertiary/aromatic N) is 2. The largest absolute Gasteiger partial charge is 0.341 e. The van der Waals surface area contributed by atoms with Crippen molar-refractivity contribution in [2.45, 2.75) is 12.6 Å². The van der Waals surface area contributed by atoms with Crippen molar-refractivity contribution in [2.24, 2.45) is 0 Å². The zero-order valence-electron chi connectivity index (χ0n) is 10.6. The number of aromatic nitrogens is 2. The molecule has 1 aliphatic rings. The van der Waals surface area contributed by atoms with Gasteiger partial charge in [0.05, 0.1) is 6.04 Å². The number of rotatable bonds is 1. The van der Waals surface area contributed by atoms with Crippen LogP contribution in [0.25, 0.3) is 10.9 Å². The molecule has 1 aliphatic heterocycles. The minimum Gasteiger partial charge on any atom is -0.341 e. The monoisotopic (exact) mass is 249 g/mol. The van der Waals surface area contributed by atoms with E-state index in [-0.39, 0.29) is 6.04 Å². The molecule has 2 aromatic heterocycles. The summed E-state index contributed by atoms with van der Waals surface area (Å²) in [6.45, 7) is 2.02. The number of fused-ring (bicyclic) bond motifs is 3. The van der Waals surface area contributed by atoms with E-state index in [9.17, 15) is 0 Å². The summed E-state index contributed by atoms with van der Waals surface area (Å²) in [6, 6.07) is 15.3. The molecule has 1 atom stereocenters. The third-order valence-corrected chi connectivity index (χ3v) is 3.84. The minimum absolute atomic E-state index is 0.245. The third-order valence-electron chi connectivity index (χ3n) is 3.84. The summed E-state index contributed by atoms with van der Waals surface area (Å²) >= 11 is 0. The molecule has 0 spiro atoms. The number of pyridine rings is 1. The van der Waals surface area contributed by atoms with E-state index in [4.69, 9.17) is 0 Å². The zero-order chi connectivity index (χ0) is 12.7. The summed E-state index contributed by atoms with van der Waals surface area (Å²) in [5.74, 6) is 0. The Morgan fingerprint density at radius 2 is 2.11 bits per heavy atom. The Kier molecular flexibility index (Phi) is 2.38. The van der Waals surface area contributed by atoms with Gasteiger partial charge in [0.2, 0.25) is 0 Å². The molecule has 3 heterocycles. The number of hydrogen-bond acceptors (Lipinski definition) is 2. The van der Waals surface area contributed by atoms with E-state index in [1.54, 1.807) is 0 Å². The van der Waals surface area contributed by atoms with Crippen LogP contribution in [0, 0.1) is 0 Å². The van der Waals surface area contributed by atoms with E-state index < -0.39 is 0 Å². The van der Waals surface area contributed by atoms with Gasteiger partial charge in [-0.15, -0.1) is 0 Å². The van der Waals surface area contributed by atoms with Gasteiger partial charge in [0.1, 0.15) is 0 Å². The molecule has 0 aliphatic carbocycles. The highest BCUT2D eigenvalue weighted by Crippen LogP contribution is 2.30. The predicted octanol–water partition coefficient (Wildman–Crippen LogP) is 2.73. The van der Waals surface area contributed by atoms with Crippen LogP contribution in [-0.4, -0.2) is 16.1 Å². The van der Waals surface area contributed by atoms with Crippen molar-refractivity contribution >= 4 is 10.9 Å². The molecule has 19 heavy (non-hydrogen) atoms. The lowest BCUT2D eigenvalue weighted by molar-refractivity contribution is 0.474. The fourth-order valence-corrected chi connectivity index (χ4v) is 2.98. The van der Waals surface area contributed by atoms with Crippen LogP contribution in [0.1, 0.15) is 17.3 Å². The van der Waals surface area contributed by atoms with E-state index in [0.717, 1.165) is 13.1 Å². The highest BCUT2D eigenvalue weighted by atomic mass is 15.1. The van der Waals surface area contributed by atoms with Crippen molar-refractivity contribution in [3.8, 4) is 0 Å². The number of benzene rings is 1. The average molecular weight is 249 g/mol. The molecule has 0 saturated carbocycles. The van der Waals surface area contributed by atoms with Crippen LogP contribution in [-0.2, 0) is 6.54 Å². The van der Waals surface area contributed by atoms with E-state index in [1.807, 2.05) is 18.5 Å². The molecular formula is C16H15N3. The molecule has 0 fully saturated rings. The molecular weight excluding hydrogens is 234 g/mol. The first-order chi connectivity index (χ1) is 9.43. The predicted molar refractivity (Wildman–Crippen MR) is 76.0 cm³/mol. The van der Waals surface area contributed by atoms with Gasteiger partial charge in [-0.05, 0) is 29.1 Å². The molecule has 1 N–H and O–H groups in total. The van der Waals surface area contributed by atoms with Gasteiger partial charge in [0.25, 0.3) is 0 Å². The first-order valence-electron chi connectivity index (χ1n) is 6.65. The molecule has 0 bridgehead atoms. The summed E-state index contributed by atoms with van der Waals surface area (Å²) in [7, 11) is 0. The van der Waals surface area contributed by atoms with Gasteiger partial charge in [0.15, 0.2) is 0 Å². The van der Waals surface area contributed by atoms with Gasteiger partial charge in [-0.3, -0.25) is 4.98 Å². The lowest BCUT2D eigenvalue weighted by Crippen LogP contribution is -2.33. The van der Waals surface area contributed by atoms with E-state index in [0.29, 0.717) is 0 Å². The molecule has 1 aromatic carbocycles. The van der Waals surface area contributed by atoms with Gasteiger partial charge in [0, 0.05) is 36.7 Å². The summed E-state index contributed by atoms with van der Waals surface area (Å²) in [4.78, 5) is 4.24. The Morgan fingerprint density at radius 3 is 3.00 bits per heavy atom. The van der Waals surface area contributed by atoms with Crippen LogP contribution in [0.2, 0.25) is 0 Å². The van der Waals surface area contributed by atoms with Crippen LogP contribution >= 0.6 is 0 Å². The molecule has 0 radical (unpaired) electrons. The van der Waals surface area contributed by atoms with Crippen molar-refractivity contribution in [3.63, 3.8) is 0 Å². The molecule has 0 saturated heterocycles. The zero-order valence-corrected chi connectivity index (χ0v) is 10.6. The summed E-state index contributed by atoms with van der Waals surface area (Å²) < 4.78 is 2.42. The van der Waals surface area contributed by atoms with Crippen molar-refractivity contribution in [1.29, 1.82) is 0 Å². The summed E-state index contributed by atoms with van der Waals surface area (Å²) in [5.41, 5.74) is 3.89. The summed E-state index contributed by atoms with van der Waals surface area (Å²) in [6.07, 6.45) is 3.77. The Hall–Kier alpha value is -2.13. The number of nitrogens with one attached hydrogen (secondary N) is 1. The maximum atomic E-state index is 4.24. The molecule has 4 rings (SSSR count). The van der Waals surface area contributed by atoms with Gasteiger partial charge in [-0.2, -0.15) is 0 Å². The van der Waals surface area contributed by atoms with Crippen LogP contribution in [0.3, 0.4) is 0 Å². The number of hydrogen-bond donors (Lipinski definition) is 1. The van der Waals surface area contributed by atoms with Gasteiger partial charge < -0.3 is 9.88 Å². The van der Waals surface area contributed by atoms with Crippen molar-refractivity contribution in [1.82, 2.24) is 14.9 Å². The Balaban J connectivity index is 1.91. The lowest BCUT2D eigenvalue weighted by Gasteiger charge is -2.27. The first kappa shape index (κ1) is 10.8. The fourth-order valence-electron chi connectivity index (χ4n) is 2.98.